The Morgan fingerprint density at radius 3 is 2.56 bits per heavy atom. The molecule has 2 fully saturated rings. The van der Waals surface area contributed by atoms with Crippen LogP contribution in [0, 0.1) is 5.41 Å². The summed E-state index contributed by atoms with van der Waals surface area (Å²) in [5, 5.41) is 10.6. The summed E-state index contributed by atoms with van der Waals surface area (Å²) in [5.41, 5.74) is 3.36. The fourth-order valence-corrected chi connectivity index (χ4v) is 4.60. The van der Waals surface area contributed by atoms with Gasteiger partial charge in [0.1, 0.15) is 5.75 Å². The van der Waals surface area contributed by atoms with Gasteiger partial charge in [-0.05, 0) is 79.3 Å². The molecule has 2 atom stereocenters. The Labute approximate surface area is 166 Å². The van der Waals surface area contributed by atoms with Crippen LogP contribution in [0.5, 0.6) is 5.75 Å². The first-order valence-electron chi connectivity index (χ1n) is 9.64. The Hall–Kier alpha value is -1.55. The zero-order chi connectivity index (χ0) is 19.1. The Kier molecular flexibility index (Phi) is 4.96. The average molecular weight is 387 g/mol. The van der Waals surface area contributed by atoms with Gasteiger partial charge in [-0.2, -0.15) is 0 Å². The number of hydrogen-bond acceptors (Lipinski definition) is 3. The number of hydrogen-bond donors (Lipinski definition) is 1. The number of benzene rings is 2. The maximum absolute atomic E-state index is 9.85. The van der Waals surface area contributed by atoms with E-state index in [9.17, 15) is 5.11 Å². The highest BCUT2D eigenvalue weighted by atomic mass is 35.5. The summed E-state index contributed by atoms with van der Waals surface area (Å²) in [6, 6.07) is 14.3. The molecule has 1 heterocycles. The molecule has 0 unspecified atom stereocenters. The SMILES string of the molecule is COc1ccc(Cc2cc([C@H]3CC4(CC4)C[C@@](C)(CO)O3)ccc2Cl)cc1. The molecule has 3 nitrogen and oxygen atoms in total. The molecule has 0 aromatic heterocycles. The summed E-state index contributed by atoms with van der Waals surface area (Å²) >= 11 is 6.49. The first kappa shape index (κ1) is 18.8. The van der Waals surface area contributed by atoms with Crippen molar-refractivity contribution >= 4 is 11.6 Å². The largest absolute Gasteiger partial charge is 0.497 e. The molecule has 1 aliphatic carbocycles. The van der Waals surface area contributed by atoms with E-state index in [2.05, 4.69) is 24.3 Å². The van der Waals surface area contributed by atoms with Gasteiger partial charge in [-0.15, -0.1) is 0 Å². The van der Waals surface area contributed by atoms with Crippen LogP contribution >= 0.6 is 11.6 Å². The van der Waals surface area contributed by atoms with Crippen molar-refractivity contribution in [1.82, 2.24) is 0 Å². The number of rotatable bonds is 5. The van der Waals surface area contributed by atoms with Crippen LogP contribution in [0.1, 0.15) is 55.4 Å². The van der Waals surface area contributed by atoms with Gasteiger partial charge in [0.2, 0.25) is 0 Å². The fourth-order valence-electron chi connectivity index (χ4n) is 4.42. The van der Waals surface area contributed by atoms with E-state index in [0.29, 0.717) is 5.41 Å². The third-order valence-corrected chi connectivity index (χ3v) is 6.45. The summed E-state index contributed by atoms with van der Waals surface area (Å²) in [5.74, 6) is 0.854. The average Bonchev–Trinajstić information content (AvgIpc) is 3.41. The predicted octanol–water partition coefficient (Wildman–Crippen LogP) is 5.32. The Morgan fingerprint density at radius 1 is 1.19 bits per heavy atom. The van der Waals surface area contributed by atoms with Crippen molar-refractivity contribution in [2.75, 3.05) is 13.7 Å². The maximum atomic E-state index is 9.85. The van der Waals surface area contributed by atoms with Crippen LogP contribution in [0.4, 0.5) is 0 Å². The van der Waals surface area contributed by atoms with Gasteiger partial charge >= 0.3 is 0 Å². The molecule has 2 aromatic rings. The molecule has 27 heavy (non-hydrogen) atoms. The highest BCUT2D eigenvalue weighted by molar-refractivity contribution is 6.31. The third kappa shape index (κ3) is 4.01. The van der Waals surface area contributed by atoms with Crippen LogP contribution in [0.15, 0.2) is 42.5 Å². The maximum Gasteiger partial charge on any atom is 0.118 e. The second kappa shape index (κ2) is 7.12. The fraction of sp³-hybridized carbons (Fsp3) is 0.478. The molecular weight excluding hydrogens is 360 g/mol. The lowest BCUT2D eigenvalue weighted by atomic mass is 9.80. The van der Waals surface area contributed by atoms with Crippen LogP contribution in [0.3, 0.4) is 0 Å². The molecular formula is C23H27ClO3. The van der Waals surface area contributed by atoms with Gasteiger partial charge in [0.25, 0.3) is 0 Å². The van der Waals surface area contributed by atoms with Crippen LogP contribution < -0.4 is 4.74 Å². The highest BCUT2D eigenvalue weighted by Crippen LogP contribution is 2.61. The van der Waals surface area contributed by atoms with Gasteiger partial charge < -0.3 is 14.6 Å². The molecule has 1 saturated heterocycles. The van der Waals surface area contributed by atoms with E-state index >= 15 is 0 Å². The lowest BCUT2D eigenvalue weighted by Crippen LogP contribution is -2.42. The molecule has 1 N–H and O–H groups in total. The van der Waals surface area contributed by atoms with E-state index in [4.69, 9.17) is 21.1 Å². The quantitative estimate of drug-likeness (QED) is 0.755. The van der Waals surface area contributed by atoms with Gasteiger partial charge in [0.05, 0.1) is 25.4 Å². The van der Waals surface area contributed by atoms with Crippen LogP contribution in [0.2, 0.25) is 5.02 Å². The predicted molar refractivity (Wildman–Crippen MR) is 107 cm³/mol. The number of aliphatic hydroxyl groups excluding tert-OH is 1. The van der Waals surface area contributed by atoms with Gasteiger partial charge in [-0.1, -0.05) is 35.9 Å². The summed E-state index contributed by atoms with van der Waals surface area (Å²) in [6.45, 7) is 2.10. The Morgan fingerprint density at radius 2 is 1.93 bits per heavy atom. The summed E-state index contributed by atoms with van der Waals surface area (Å²) in [4.78, 5) is 0. The van der Waals surface area contributed by atoms with Gasteiger partial charge in [-0.25, -0.2) is 0 Å². The molecule has 2 aromatic carbocycles. The lowest BCUT2D eigenvalue weighted by Gasteiger charge is -2.42. The lowest BCUT2D eigenvalue weighted by molar-refractivity contribution is -0.163. The molecule has 4 heteroatoms. The van der Waals surface area contributed by atoms with E-state index in [1.807, 2.05) is 25.1 Å². The highest BCUT2D eigenvalue weighted by Gasteiger charge is 2.53. The number of methoxy groups -OCH3 is 1. The zero-order valence-corrected chi connectivity index (χ0v) is 16.8. The van der Waals surface area contributed by atoms with Gasteiger partial charge in [0, 0.05) is 5.02 Å². The van der Waals surface area contributed by atoms with Crippen molar-refractivity contribution in [3.05, 3.63) is 64.2 Å². The van der Waals surface area contributed by atoms with Gasteiger partial charge in [-0.3, -0.25) is 0 Å². The number of ether oxygens (including phenoxy) is 2. The zero-order valence-electron chi connectivity index (χ0n) is 16.0. The number of halogens is 1. The van der Waals surface area contributed by atoms with Gasteiger partial charge in [0.15, 0.2) is 0 Å². The van der Waals surface area contributed by atoms with Crippen molar-refractivity contribution in [3.63, 3.8) is 0 Å². The second-order valence-corrected chi connectivity index (χ2v) is 8.88. The summed E-state index contributed by atoms with van der Waals surface area (Å²) < 4.78 is 11.6. The van der Waals surface area contributed by atoms with Crippen molar-refractivity contribution in [2.45, 2.75) is 50.7 Å². The third-order valence-electron chi connectivity index (χ3n) is 6.08. The number of aliphatic hydroxyl groups is 1. The minimum absolute atomic E-state index is 0.0188. The van der Waals surface area contributed by atoms with E-state index in [1.165, 1.54) is 18.4 Å². The topological polar surface area (TPSA) is 38.7 Å². The monoisotopic (exact) mass is 386 g/mol. The molecule has 144 valence electrons. The molecule has 0 radical (unpaired) electrons. The first-order valence-corrected chi connectivity index (χ1v) is 10.0. The van der Waals surface area contributed by atoms with Crippen molar-refractivity contribution < 1.29 is 14.6 Å². The van der Waals surface area contributed by atoms with E-state index in [-0.39, 0.29) is 12.7 Å². The first-order chi connectivity index (χ1) is 12.9. The molecule has 2 aliphatic rings. The minimum atomic E-state index is -0.449. The van der Waals surface area contributed by atoms with Crippen molar-refractivity contribution in [2.24, 2.45) is 5.41 Å². The Balaban J connectivity index is 1.58. The van der Waals surface area contributed by atoms with E-state index in [1.54, 1.807) is 7.11 Å². The molecule has 4 rings (SSSR count). The molecule has 1 aliphatic heterocycles. The molecule has 1 saturated carbocycles. The van der Waals surface area contributed by atoms with Crippen molar-refractivity contribution in [1.29, 1.82) is 0 Å². The molecule has 1 spiro atoms. The van der Waals surface area contributed by atoms with Crippen molar-refractivity contribution in [3.8, 4) is 5.75 Å². The second-order valence-electron chi connectivity index (χ2n) is 8.47. The summed E-state index contributed by atoms with van der Waals surface area (Å²) in [7, 11) is 1.67. The van der Waals surface area contributed by atoms with E-state index < -0.39 is 5.60 Å². The molecule has 0 bridgehead atoms. The Bertz CT molecular complexity index is 813. The van der Waals surface area contributed by atoms with E-state index in [0.717, 1.165) is 41.2 Å². The molecule has 0 amide bonds. The van der Waals surface area contributed by atoms with Crippen LogP contribution in [-0.2, 0) is 11.2 Å². The normalized spacial score (nSPS) is 26.1. The smallest absolute Gasteiger partial charge is 0.118 e. The summed E-state index contributed by atoms with van der Waals surface area (Å²) in [6.07, 6.45) is 5.27. The standard InChI is InChI=1S/C23H27ClO3/c1-22(15-25)14-23(9-10-23)13-21(27-22)17-5-8-20(24)18(12-17)11-16-3-6-19(26-2)7-4-16/h3-8,12,21,25H,9-11,13-15H2,1-2H3/t21-,22+/m1/s1. The van der Waals surface area contributed by atoms with Crippen LogP contribution in [0.25, 0.3) is 0 Å². The minimum Gasteiger partial charge on any atom is -0.497 e. The van der Waals surface area contributed by atoms with Crippen LogP contribution in [-0.4, -0.2) is 24.4 Å².